The van der Waals surface area contributed by atoms with Crippen molar-refractivity contribution >= 4 is 6.09 Å². The van der Waals surface area contributed by atoms with Gasteiger partial charge in [-0.25, -0.2) is 4.79 Å². The van der Waals surface area contributed by atoms with Crippen LogP contribution in [0.15, 0.2) is 36.8 Å². The highest BCUT2D eigenvalue weighted by molar-refractivity contribution is 5.72. The first-order valence-corrected chi connectivity index (χ1v) is 6.53. The Morgan fingerprint density at radius 1 is 1.37 bits per heavy atom. The van der Waals surface area contributed by atoms with Crippen LogP contribution in [0.4, 0.5) is 4.79 Å². The average Bonchev–Trinajstić information content (AvgIpc) is 2.49. The van der Waals surface area contributed by atoms with Crippen LogP contribution in [0.3, 0.4) is 0 Å². The van der Waals surface area contributed by atoms with Gasteiger partial charge in [-0.05, 0) is 32.9 Å². The van der Waals surface area contributed by atoms with Crippen LogP contribution < -0.4 is 0 Å². The quantitative estimate of drug-likeness (QED) is 0.766. The van der Waals surface area contributed by atoms with E-state index < -0.39 is 5.60 Å². The van der Waals surface area contributed by atoms with Crippen LogP contribution in [0, 0.1) is 0 Å². The first-order valence-electron chi connectivity index (χ1n) is 6.53. The molecular weight excluding hydrogens is 242 g/mol. The molecule has 4 heteroatoms. The molecule has 3 aliphatic rings. The molecule has 0 saturated heterocycles. The topological polar surface area (TPSA) is 38.8 Å². The van der Waals surface area contributed by atoms with Crippen molar-refractivity contribution in [1.82, 2.24) is 4.90 Å². The molecule has 2 bridgehead atoms. The molecule has 1 aliphatic carbocycles. The lowest BCUT2D eigenvalue weighted by atomic mass is 9.88. The lowest BCUT2D eigenvalue weighted by Gasteiger charge is -2.39. The van der Waals surface area contributed by atoms with E-state index in [1.54, 1.807) is 17.1 Å². The van der Waals surface area contributed by atoms with E-state index in [0.29, 0.717) is 11.5 Å². The third-order valence-electron chi connectivity index (χ3n) is 3.21. The van der Waals surface area contributed by atoms with E-state index >= 15 is 0 Å². The summed E-state index contributed by atoms with van der Waals surface area (Å²) in [6.07, 6.45) is 4.72. The number of rotatable bonds is 2. The monoisotopic (exact) mass is 263 g/mol. The lowest BCUT2D eigenvalue weighted by Crippen LogP contribution is -2.49. The Balaban J connectivity index is 2.31. The van der Waals surface area contributed by atoms with Crippen LogP contribution in [-0.4, -0.2) is 28.7 Å². The largest absolute Gasteiger partial charge is 0.488 e. The predicted octanol–water partition coefficient (Wildman–Crippen LogP) is 3.37. The molecule has 4 nitrogen and oxygen atoms in total. The van der Waals surface area contributed by atoms with Crippen LogP contribution >= 0.6 is 0 Å². The summed E-state index contributed by atoms with van der Waals surface area (Å²) in [5.41, 5.74) is 0.128. The molecule has 1 amide bonds. The van der Waals surface area contributed by atoms with Crippen molar-refractivity contribution in [3.8, 4) is 0 Å². The average molecular weight is 263 g/mol. The van der Waals surface area contributed by atoms with Crippen LogP contribution in [-0.2, 0) is 9.47 Å². The molecule has 0 unspecified atom stereocenters. The van der Waals surface area contributed by atoms with Crippen molar-refractivity contribution < 1.29 is 14.3 Å². The smallest absolute Gasteiger partial charge is 0.415 e. The second-order valence-corrected chi connectivity index (χ2v) is 5.87. The van der Waals surface area contributed by atoms with Gasteiger partial charge in [0.25, 0.3) is 0 Å². The lowest BCUT2D eigenvalue weighted by molar-refractivity contribution is -0.00448. The van der Waals surface area contributed by atoms with Crippen molar-refractivity contribution in [2.24, 2.45) is 0 Å². The zero-order chi connectivity index (χ0) is 14.2. The summed E-state index contributed by atoms with van der Waals surface area (Å²) >= 11 is 0. The van der Waals surface area contributed by atoms with Crippen LogP contribution in [0.2, 0.25) is 0 Å². The fraction of sp³-hybridized carbons (Fsp3) is 0.533. The number of carbonyl (C=O) groups excluding carboxylic acids is 1. The van der Waals surface area contributed by atoms with Gasteiger partial charge < -0.3 is 9.47 Å². The summed E-state index contributed by atoms with van der Waals surface area (Å²) in [5, 5.41) is 0. The summed E-state index contributed by atoms with van der Waals surface area (Å²) in [6, 6.07) is 0.130. The van der Waals surface area contributed by atoms with Gasteiger partial charge in [0.05, 0.1) is 5.70 Å². The van der Waals surface area contributed by atoms with Gasteiger partial charge in [-0.15, -0.1) is 0 Å². The molecule has 1 fully saturated rings. The highest BCUT2D eigenvalue weighted by Gasteiger charge is 2.44. The molecule has 0 radical (unpaired) electrons. The van der Waals surface area contributed by atoms with Gasteiger partial charge in [-0.3, -0.25) is 4.90 Å². The molecule has 2 heterocycles. The minimum atomic E-state index is -0.520. The number of amides is 1. The van der Waals surface area contributed by atoms with Crippen molar-refractivity contribution in [2.75, 3.05) is 0 Å². The normalized spacial score (nSPS) is 25.9. The molecule has 19 heavy (non-hydrogen) atoms. The zero-order valence-electron chi connectivity index (χ0n) is 11.8. The SMILES string of the molecule is C=CC1=C(C=C)N(C(=O)OC(C)(C)C)C2CC(C2)O1. The maximum Gasteiger partial charge on any atom is 0.415 e. The minimum absolute atomic E-state index is 0.130. The van der Waals surface area contributed by atoms with Crippen molar-refractivity contribution in [2.45, 2.75) is 51.4 Å². The van der Waals surface area contributed by atoms with Gasteiger partial charge in [0, 0.05) is 18.9 Å². The number of fused-ring (bicyclic) bond motifs is 2. The summed E-state index contributed by atoms with van der Waals surface area (Å²) in [6.45, 7) is 13.1. The number of allylic oxidation sites excluding steroid dienone is 2. The van der Waals surface area contributed by atoms with Crippen molar-refractivity contribution in [3.05, 3.63) is 36.8 Å². The van der Waals surface area contributed by atoms with E-state index in [9.17, 15) is 4.79 Å². The summed E-state index contributed by atoms with van der Waals surface area (Å²) in [5.74, 6) is 0.603. The minimum Gasteiger partial charge on any atom is -0.488 e. The third kappa shape index (κ3) is 2.67. The summed E-state index contributed by atoms with van der Waals surface area (Å²) in [4.78, 5) is 14.0. The second kappa shape index (κ2) is 4.76. The molecule has 0 spiro atoms. The maximum absolute atomic E-state index is 12.4. The molecule has 0 aromatic rings. The molecule has 0 atom stereocenters. The molecule has 3 rings (SSSR count). The van der Waals surface area contributed by atoms with Gasteiger partial charge in [-0.2, -0.15) is 0 Å². The number of carbonyl (C=O) groups is 1. The number of ether oxygens (including phenoxy) is 2. The number of hydrogen-bond acceptors (Lipinski definition) is 3. The van der Waals surface area contributed by atoms with Gasteiger partial charge in [-0.1, -0.05) is 13.2 Å². The molecule has 0 aromatic heterocycles. The van der Waals surface area contributed by atoms with Crippen LogP contribution in [0.1, 0.15) is 33.6 Å². The molecule has 0 N–H and O–H groups in total. The van der Waals surface area contributed by atoms with Crippen LogP contribution in [0.25, 0.3) is 0 Å². The van der Waals surface area contributed by atoms with Gasteiger partial charge >= 0.3 is 6.09 Å². The Morgan fingerprint density at radius 3 is 2.47 bits per heavy atom. The maximum atomic E-state index is 12.4. The van der Waals surface area contributed by atoms with Gasteiger partial charge in [0.15, 0.2) is 0 Å². The van der Waals surface area contributed by atoms with E-state index in [4.69, 9.17) is 9.47 Å². The molecule has 0 aromatic carbocycles. The van der Waals surface area contributed by atoms with Gasteiger partial charge in [0.1, 0.15) is 17.5 Å². The fourth-order valence-electron chi connectivity index (χ4n) is 2.31. The zero-order valence-corrected chi connectivity index (χ0v) is 11.8. The Morgan fingerprint density at radius 2 is 2.00 bits per heavy atom. The van der Waals surface area contributed by atoms with E-state index in [1.807, 2.05) is 20.8 Å². The van der Waals surface area contributed by atoms with E-state index in [-0.39, 0.29) is 18.2 Å². The molecular formula is C15H21NO3. The fourth-order valence-corrected chi connectivity index (χ4v) is 2.31. The summed E-state index contributed by atoms with van der Waals surface area (Å²) < 4.78 is 11.2. The number of hydrogen-bond donors (Lipinski definition) is 0. The van der Waals surface area contributed by atoms with Crippen molar-refractivity contribution in [1.29, 1.82) is 0 Å². The first kappa shape index (κ1) is 13.7. The third-order valence-corrected chi connectivity index (χ3v) is 3.21. The second-order valence-electron chi connectivity index (χ2n) is 5.87. The van der Waals surface area contributed by atoms with Crippen molar-refractivity contribution in [3.63, 3.8) is 0 Å². The van der Waals surface area contributed by atoms with Gasteiger partial charge in [0.2, 0.25) is 0 Å². The number of nitrogens with zero attached hydrogens (tertiary/aromatic N) is 1. The highest BCUT2D eigenvalue weighted by atomic mass is 16.6. The highest BCUT2D eigenvalue weighted by Crippen LogP contribution is 2.38. The predicted molar refractivity (Wildman–Crippen MR) is 73.4 cm³/mol. The van der Waals surface area contributed by atoms with E-state index in [1.165, 1.54) is 0 Å². The molecule has 1 saturated carbocycles. The standard InChI is InChI=1S/C15H21NO3/c1-6-12-13(7-2)18-11-8-10(9-11)16(12)14(17)19-15(3,4)5/h6-7,10-11H,1-2,8-9H2,3-5H3. The Kier molecular flexibility index (Phi) is 3.43. The van der Waals surface area contributed by atoms with E-state index in [2.05, 4.69) is 13.2 Å². The molecule has 104 valence electrons. The summed E-state index contributed by atoms with van der Waals surface area (Å²) in [7, 11) is 0. The Hall–Kier alpha value is -1.71. The van der Waals surface area contributed by atoms with E-state index in [0.717, 1.165) is 12.8 Å². The Labute approximate surface area is 114 Å². The Bertz CT molecular complexity index is 439. The van der Waals surface area contributed by atoms with Crippen LogP contribution in [0.5, 0.6) is 0 Å². The molecule has 2 aliphatic heterocycles. The first-order chi connectivity index (χ1) is 8.85.